The van der Waals surface area contributed by atoms with E-state index in [2.05, 4.69) is 20.8 Å². The minimum Gasteiger partial charge on any atom is -0.377 e. The third-order valence-corrected chi connectivity index (χ3v) is 2.81. The molecule has 0 aromatic rings. The molecule has 16 heavy (non-hydrogen) atoms. The minimum absolute atomic E-state index is 0.0790. The Morgan fingerprint density at radius 3 is 2.69 bits per heavy atom. The molecule has 3 heteroatoms. The summed E-state index contributed by atoms with van der Waals surface area (Å²) in [6.07, 6.45) is 3.04. The van der Waals surface area contributed by atoms with E-state index in [0.717, 1.165) is 32.5 Å². The fourth-order valence-corrected chi connectivity index (χ4v) is 2.10. The van der Waals surface area contributed by atoms with Crippen LogP contribution < -0.4 is 0 Å². The van der Waals surface area contributed by atoms with Gasteiger partial charge in [-0.05, 0) is 25.2 Å². The third kappa shape index (κ3) is 4.52. The van der Waals surface area contributed by atoms with Gasteiger partial charge in [0.2, 0.25) is 5.91 Å². The van der Waals surface area contributed by atoms with Gasteiger partial charge in [-0.15, -0.1) is 0 Å². The van der Waals surface area contributed by atoms with E-state index in [1.807, 2.05) is 11.8 Å². The van der Waals surface area contributed by atoms with Crippen molar-refractivity contribution in [3.05, 3.63) is 0 Å². The van der Waals surface area contributed by atoms with Crippen molar-refractivity contribution < 1.29 is 9.53 Å². The van der Waals surface area contributed by atoms with Gasteiger partial charge in [0.25, 0.3) is 0 Å². The van der Waals surface area contributed by atoms with Gasteiger partial charge in [0.05, 0.1) is 6.10 Å². The standard InChI is InChI=1S/C13H25NO2/c1-5-16-11-7-6-8-14(10-11)12(15)9-13(2,3)4/h11H,5-10H2,1-4H3. The monoisotopic (exact) mass is 227 g/mol. The lowest BCUT2D eigenvalue weighted by Crippen LogP contribution is -2.44. The van der Waals surface area contributed by atoms with Crippen molar-refractivity contribution in [2.75, 3.05) is 19.7 Å². The number of amides is 1. The van der Waals surface area contributed by atoms with Gasteiger partial charge in [-0.1, -0.05) is 20.8 Å². The van der Waals surface area contributed by atoms with Gasteiger partial charge >= 0.3 is 0 Å². The second-order valence-electron chi connectivity index (χ2n) is 5.80. The first-order valence-electron chi connectivity index (χ1n) is 6.32. The van der Waals surface area contributed by atoms with Gasteiger partial charge < -0.3 is 9.64 Å². The Bertz CT molecular complexity index is 231. The normalized spacial score (nSPS) is 22.2. The molecule has 1 heterocycles. The summed E-state index contributed by atoms with van der Waals surface area (Å²) in [5.74, 6) is 0.275. The van der Waals surface area contributed by atoms with Crippen LogP contribution in [0.1, 0.15) is 47.0 Å². The number of carbonyl (C=O) groups excluding carboxylic acids is 1. The quantitative estimate of drug-likeness (QED) is 0.741. The Morgan fingerprint density at radius 2 is 2.12 bits per heavy atom. The van der Waals surface area contributed by atoms with Crippen molar-refractivity contribution in [2.24, 2.45) is 5.41 Å². The van der Waals surface area contributed by atoms with Gasteiger partial charge in [-0.3, -0.25) is 4.79 Å². The third-order valence-electron chi connectivity index (χ3n) is 2.81. The molecule has 0 aromatic heterocycles. The maximum atomic E-state index is 12.0. The Morgan fingerprint density at radius 1 is 1.44 bits per heavy atom. The average Bonchev–Trinajstić information content (AvgIpc) is 2.16. The lowest BCUT2D eigenvalue weighted by Gasteiger charge is -2.34. The highest BCUT2D eigenvalue weighted by atomic mass is 16.5. The molecule has 1 aliphatic heterocycles. The number of nitrogens with zero attached hydrogens (tertiary/aromatic N) is 1. The molecule has 0 spiro atoms. The van der Waals surface area contributed by atoms with Crippen molar-refractivity contribution in [1.82, 2.24) is 4.90 Å². The Kier molecular flexibility index (Phi) is 4.78. The van der Waals surface area contributed by atoms with E-state index in [1.54, 1.807) is 0 Å². The Labute approximate surface area is 99.1 Å². The van der Waals surface area contributed by atoms with Crippen LogP contribution in [-0.2, 0) is 9.53 Å². The molecule has 0 radical (unpaired) electrons. The molecule has 1 atom stereocenters. The van der Waals surface area contributed by atoms with Crippen molar-refractivity contribution in [3.8, 4) is 0 Å². The highest BCUT2D eigenvalue weighted by Crippen LogP contribution is 2.22. The molecule has 1 aliphatic rings. The predicted molar refractivity (Wildman–Crippen MR) is 65.3 cm³/mol. The van der Waals surface area contributed by atoms with Gasteiger partial charge in [0.1, 0.15) is 0 Å². The van der Waals surface area contributed by atoms with Crippen molar-refractivity contribution in [3.63, 3.8) is 0 Å². The summed E-state index contributed by atoms with van der Waals surface area (Å²) >= 11 is 0. The molecule has 0 bridgehead atoms. The zero-order valence-corrected chi connectivity index (χ0v) is 11.1. The molecule has 0 saturated carbocycles. The number of carbonyl (C=O) groups is 1. The van der Waals surface area contributed by atoms with Gasteiger partial charge in [-0.2, -0.15) is 0 Å². The first kappa shape index (κ1) is 13.5. The topological polar surface area (TPSA) is 29.5 Å². The lowest BCUT2D eigenvalue weighted by molar-refractivity contribution is -0.137. The minimum atomic E-state index is 0.0790. The Balaban J connectivity index is 2.44. The molecule has 1 saturated heterocycles. The van der Waals surface area contributed by atoms with E-state index in [1.165, 1.54) is 0 Å². The number of hydrogen-bond donors (Lipinski definition) is 0. The maximum absolute atomic E-state index is 12.0. The van der Waals surface area contributed by atoms with Crippen LogP contribution in [0.3, 0.4) is 0 Å². The molecule has 1 rings (SSSR count). The van der Waals surface area contributed by atoms with Crippen molar-refractivity contribution >= 4 is 5.91 Å². The van der Waals surface area contributed by atoms with Crippen LogP contribution >= 0.6 is 0 Å². The molecule has 94 valence electrons. The maximum Gasteiger partial charge on any atom is 0.223 e. The second kappa shape index (κ2) is 5.67. The van der Waals surface area contributed by atoms with Crippen LogP contribution in [-0.4, -0.2) is 36.6 Å². The van der Waals surface area contributed by atoms with Crippen LogP contribution in [0.2, 0.25) is 0 Å². The summed E-state index contributed by atoms with van der Waals surface area (Å²) in [6, 6.07) is 0. The van der Waals surface area contributed by atoms with E-state index in [9.17, 15) is 4.79 Å². The molecule has 0 aliphatic carbocycles. The summed E-state index contributed by atoms with van der Waals surface area (Å²) in [5.41, 5.74) is 0.0790. The lowest BCUT2D eigenvalue weighted by atomic mass is 9.91. The van der Waals surface area contributed by atoms with E-state index in [4.69, 9.17) is 4.74 Å². The van der Waals surface area contributed by atoms with Crippen LogP contribution in [0.4, 0.5) is 0 Å². The largest absolute Gasteiger partial charge is 0.377 e. The highest BCUT2D eigenvalue weighted by molar-refractivity contribution is 5.76. The fourth-order valence-electron chi connectivity index (χ4n) is 2.10. The number of rotatable bonds is 3. The van der Waals surface area contributed by atoms with E-state index >= 15 is 0 Å². The second-order valence-corrected chi connectivity index (χ2v) is 5.80. The SMILES string of the molecule is CCOC1CCCN(C(=O)CC(C)(C)C)C1. The summed E-state index contributed by atoms with van der Waals surface area (Å²) in [4.78, 5) is 14.0. The van der Waals surface area contributed by atoms with Crippen molar-refractivity contribution in [1.29, 1.82) is 0 Å². The summed E-state index contributed by atoms with van der Waals surface area (Å²) in [5, 5.41) is 0. The average molecular weight is 227 g/mol. The summed E-state index contributed by atoms with van der Waals surface area (Å²) in [6.45, 7) is 10.8. The molecule has 1 unspecified atom stereocenters. The molecule has 3 nitrogen and oxygen atoms in total. The first-order valence-corrected chi connectivity index (χ1v) is 6.32. The molecule has 1 fully saturated rings. The number of likely N-dealkylation sites (tertiary alicyclic amines) is 1. The smallest absolute Gasteiger partial charge is 0.223 e. The first-order chi connectivity index (χ1) is 7.42. The summed E-state index contributed by atoms with van der Waals surface area (Å²) < 4.78 is 5.60. The summed E-state index contributed by atoms with van der Waals surface area (Å²) in [7, 11) is 0. The van der Waals surface area contributed by atoms with Crippen LogP contribution in [0.25, 0.3) is 0 Å². The zero-order chi connectivity index (χ0) is 12.2. The predicted octanol–water partition coefficient (Wildman–Crippen LogP) is 2.45. The number of ether oxygens (including phenoxy) is 1. The van der Waals surface area contributed by atoms with Crippen LogP contribution in [0.5, 0.6) is 0 Å². The Hall–Kier alpha value is -0.570. The van der Waals surface area contributed by atoms with Crippen molar-refractivity contribution in [2.45, 2.75) is 53.1 Å². The van der Waals surface area contributed by atoms with Gasteiger partial charge in [0, 0.05) is 26.1 Å². The van der Waals surface area contributed by atoms with Gasteiger partial charge in [0.15, 0.2) is 0 Å². The molecular weight excluding hydrogens is 202 g/mol. The highest BCUT2D eigenvalue weighted by Gasteiger charge is 2.26. The van der Waals surface area contributed by atoms with E-state index < -0.39 is 0 Å². The molecular formula is C13H25NO2. The fraction of sp³-hybridized carbons (Fsp3) is 0.923. The molecule has 1 amide bonds. The van der Waals surface area contributed by atoms with E-state index in [0.29, 0.717) is 6.42 Å². The van der Waals surface area contributed by atoms with E-state index in [-0.39, 0.29) is 17.4 Å². The van der Waals surface area contributed by atoms with Gasteiger partial charge in [-0.25, -0.2) is 0 Å². The molecule has 0 aromatic carbocycles. The molecule has 0 N–H and O–H groups in total. The number of piperidine rings is 1. The van der Waals surface area contributed by atoms with Crippen LogP contribution in [0.15, 0.2) is 0 Å². The number of hydrogen-bond acceptors (Lipinski definition) is 2. The van der Waals surface area contributed by atoms with Crippen LogP contribution in [0, 0.1) is 5.41 Å². The zero-order valence-electron chi connectivity index (χ0n) is 11.1.